The van der Waals surface area contributed by atoms with Gasteiger partial charge in [0.2, 0.25) is 0 Å². The fraction of sp³-hybridized carbons (Fsp3) is 0.226. The second kappa shape index (κ2) is 10.2. The number of methoxy groups -OCH3 is 1. The minimum atomic E-state index is -0.938. The average molecular weight is 523 g/mol. The highest BCUT2D eigenvalue weighted by molar-refractivity contribution is 6.00. The molecule has 0 radical (unpaired) electrons. The Labute approximate surface area is 225 Å². The van der Waals surface area contributed by atoms with Gasteiger partial charge in [0.25, 0.3) is 5.56 Å². The Hall–Kier alpha value is -4.72. The molecule has 0 fully saturated rings. The van der Waals surface area contributed by atoms with Gasteiger partial charge in [-0.25, -0.2) is 9.78 Å². The largest absolute Gasteiger partial charge is 0.496 e. The monoisotopic (exact) mass is 522 g/mol. The number of hydrogen-bond acceptors (Lipinski definition) is 5. The SMILES string of the molecule is COc1cc(C)c(-c2nc3ccccc3c(=O)n2N=Cc2cn([C@H](C)C(=O)O)c3ccccc23)cc1C(C)C. The Morgan fingerprint density at radius 1 is 1.05 bits per heavy atom. The van der Waals surface area contributed by atoms with E-state index < -0.39 is 12.0 Å². The van der Waals surface area contributed by atoms with Gasteiger partial charge in [0, 0.05) is 28.2 Å². The van der Waals surface area contributed by atoms with Crippen LogP contribution in [0.3, 0.4) is 0 Å². The number of carboxylic acids is 1. The zero-order valence-electron chi connectivity index (χ0n) is 22.5. The lowest BCUT2D eigenvalue weighted by molar-refractivity contribution is -0.140. The van der Waals surface area contributed by atoms with Gasteiger partial charge in [-0.1, -0.05) is 44.2 Å². The third-order valence-electron chi connectivity index (χ3n) is 7.05. The molecule has 2 aromatic heterocycles. The van der Waals surface area contributed by atoms with Crippen LogP contribution >= 0.6 is 0 Å². The molecular weight excluding hydrogens is 492 g/mol. The molecule has 0 unspecified atom stereocenters. The molecule has 198 valence electrons. The van der Waals surface area contributed by atoms with Gasteiger partial charge in [-0.05, 0) is 61.2 Å². The van der Waals surface area contributed by atoms with E-state index in [-0.39, 0.29) is 11.5 Å². The first-order chi connectivity index (χ1) is 18.7. The fourth-order valence-corrected chi connectivity index (χ4v) is 4.87. The second-order valence-corrected chi connectivity index (χ2v) is 9.90. The Kier molecular flexibility index (Phi) is 6.78. The summed E-state index contributed by atoms with van der Waals surface area (Å²) >= 11 is 0. The van der Waals surface area contributed by atoms with E-state index >= 15 is 0 Å². The smallest absolute Gasteiger partial charge is 0.326 e. The summed E-state index contributed by atoms with van der Waals surface area (Å²) in [7, 11) is 1.65. The number of fused-ring (bicyclic) bond motifs is 2. The molecule has 8 heteroatoms. The number of ether oxygens (including phenoxy) is 1. The Bertz CT molecular complexity index is 1810. The molecule has 0 amide bonds. The van der Waals surface area contributed by atoms with Crippen molar-refractivity contribution < 1.29 is 14.6 Å². The summed E-state index contributed by atoms with van der Waals surface area (Å²) in [6.45, 7) is 7.76. The van der Waals surface area contributed by atoms with Crippen LogP contribution in [0.15, 0.2) is 76.8 Å². The topological polar surface area (TPSA) is 98.7 Å². The summed E-state index contributed by atoms with van der Waals surface area (Å²) in [5.41, 5.74) is 4.43. The van der Waals surface area contributed by atoms with Crippen molar-refractivity contribution in [3.05, 3.63) is 93.9 Å². The van der Waals surface area contributed by atoms with Crippen molar-refractivity contribution >= 4 is 34.0 Å². The number of aryl methyl sites for hydroxylation is 1. The molecule has 1 atom stereocenters. The molecule has 3 aromatic carbocycles. The first-order valence-electron chi connectivity index (χ1n) is 12.8. The molecule has 0 aliphatic carbocycles. The Morgan fingerprint density at radius 3 is 2.44 bits per heavy atom. The molecule has 1 N–H and O–H groups in total. The summed E-state index contributed by atoms with van der Waals surface area (Å²) in [6.07, 6.45) is 3.35. The number of rotatable bonds is 7. The van der Waals surface area contributed by atoms with Crippen LogP contribution in [0, 0.1) is 6.92 Å². The highest BCUT2D eigenvalue weighted by Gasteiger charge is 2.20. The second-order valence-electron chi connectivity index (χ2n) is 9.90. The van der Waals surface area contributed by atoms with Crippen molar-refractivity contribution in [3.63, 3.8) is 0 Å². The van der Waals surface area contributed by atoms with Crippen molar-refractivity contribution in [2.75, 3.05) is 7.11 Å². The van der Waals surface area contributed by atoms with Crippen LogP contribution in [0.2, 0.25) is 0 Å². The highest BCUT2D eigenvalue weighted by Crippen LogP contribution is 2.34. The van der Waals surface area contributed by atoms with E-state index in [1.165, 1.54) is 4.68 Å². The predicted molar refractivity (Wildman–Crippen MR) is 154 cm³/mol. The van der Waals surface area contributed by atoms with E-state index in [0.29, 0.717) is 22.3 Å². The lowest BCUT2D eigenvalue weighted by Crippen LogP contribution is -2.20. The van der Waals surface area contributed by atoms with Crippen molar-refractivity contribution in [3.8, 4) is 17.1 Å². The van der Waals surface area contributed by atoms with Crippen LogP contribution in [0.4, 0.5) is 0 Å². The minimum absolute atomic E-state index is 0.186. The van der Waals surface area contributed by atoms with Gasteiger partial charge in [0.05, 0.1) is 24.2 Å². The van der Waals surface area contributed by atoms with E-state index in [9.17, 15) is 14.7 Å². The van der Waals surface area contributed by atoms with E-state index in [1.807, 2.05) is 55.5 Å². The minimum Gasteiger partial charge on any atom is -0.496 e. The Morgan fingerprint density at radius 2 is 1.74 bits per heavy atom. The van der Waals surface area contributed by atoms with Gasteiger partial charge in [-0.3, -0.25) is 4.79 Å². The number of benzene rings is 3. The first-order valence-corrected chi connectivity index (χ1v) is 12.8. The molecule has 2 heterocycles. The van der Waals surface area contributed by atoms with Gasteiger partial charge < -0.3 is 14.4 Å². The molecule has 39 heavy (non-hydrogen) atoms. The molecular formula is C31H30N4O4. The van der Waals surface area contributed by atoms with Crippen molar-refractivity contribution in [1.29, 1.82) is 0 Å². The molecule has 0 aliphatic heterocycles. The normalized spacial score (nSPS) is 12.6. The summed E-state index contributed by atoms with van der Waals surface area (Å²) in [6, 6.07) is 17.9. The van der Waals surface area contributed by atoms with Crippen LogP contribution in [-0.2, 0) is 4.79 Å². The summed E-state index contributed by atoms with van der Waals surface area (Å²) < 4.78 is 8.65. The predicted octanol–water partition coefficient (Wildman–Crippen LogP) is 5.99. The van der Waals surface area contributed by atoms with E-state index in [1.54, 1.807) is 43.1 Å². The molecule has 0 bridgehead atoms. The van der Waals surface area contributed by atoms with E-state index in [2.05, 4.69) is 18.9 Å². The van der Waals surface area contributed by atoms with Crippen LogP contribution in [0.5, 0.6) is 5.75 Å². The number of carbonyl (C=O) groups is 1. The van der Waals surface area contributed by atoms with Crippen molar-refractivity contribution in [2.24, 2.45) is 5.10 Å². The van der Waals surface area contributed by atoms with Gasteiger partial charge in [0.15, 0.2) is 5.82 Å². The van der Waals surface area contributed by atoms with Crippen molar-refractivity contribution in [2.45, 2.75) is 39.7 Å². The van der Waals surface area contributed by atoms with Gasteiger partial charge >= 0.3 is 5.97 Å². The maximum absolute atomic E-state index is 13.8. The van der Waals surface area contributed by atoms with Crippen LogP contribution in [-0.4, -0.2) is 38.6 Å². The van der Waals surface area contributed by atoms with E-state index in [0.717, 1.165) is 33.3 Å². The Balaban J connectivity index is 1.75. The van der Waals surface area contributed by atoms with Crippen LogP contribution < -0.4 is 10.3 Å². The maximum atomic E-state index is 13.8. The number of carboxylic acid groups (broad SMARTS) is 1. The van der Waals surface area contributed by atoms with Crippen molar-refractivity contribution in [1.82, 2.24) is 14.2 Å². The maximum Gasteiger partial charge on any atom is 0.326 e. The number of para-hydroxylation sites is 2. The number of aromatic nitrogens is 3. The van der Waals surface area contributed by atoms with Crippen LogP contribution in [0.1, 0.15) is 49.4 Å². The van der Waals surface area contributed by atoms with Gasteiger partial charge in [-0.15, -0.1) is 0 Å². The standard InChI is InChI=1S/C31H30N4O4/c1-18(2)24-15-25(19(3)14-28(24)39-5)29-33-26-12-8-6-11-23(26)30(36)35(29)32-16-21-17-34(20(4)31(37)38)27-13-9-7-10-22(21)27/h6-18,20H,1-5H3,(H,37,38)/t20-/m1/s1. The molecule has 0 aliphatic rings. The molecule has 8 nitrogen and oxygen atoms in total. The van der Waals surface area contributed by atoms with Gasteiger partial charge in [-0.2, -0.15) is 9.78 Å². The third kappa shape index (κ3) is 4.58. The quantitative estimate of drug-likeness (QED) is 0.265. The fourth-order valence-electron chi connectivity index (χ4n) is 4.87. The summed E-state index contributed by atoms with van der Waals surface area (Å²) in [5, 5.41) is 15.6. The van der Waals surface area contributed by atoms with Gasteiger partial charge in [0.1, 0.15) is 11.8 Å². The lowest BCUT2D eigenvalue weighted by atomic mass is 9.96. The zero-order chi connectivity index (χ0) is 27.8. The van der Waals surface area contributed by atoms with E-state index in [4.69, 9.17) is 9.72 Å². The molecule has 0 saturated carbocycles. The summed E-state index contributed by atoms with van der Waals surface area (Å²) in [4.78, 5) is 30.4. The lowest BCUT2D eigenvalue weighted by Gasteiger charge is -2.17. The molecule has 0 saturated heterocycles. The number of aliphatic carboxylic acids is 1. The zero-order valence-corrected chi connectivity index (χ0v) is 22.5. The first kappa shape index (κ1) is 25.9. The number of hydrogen-bond donors (Lipinski definition) is 1. The highest BCUT2D eigenvalue weighted by atomic mass is 16.5. The molecule has 5 aromatic rings. The molecule has 0 spiro atoms. The summed E-state index contributed by atoms with van der Waals surface area (Å²) in [5.74, 6) is 0.447. The van der Waals surface area contributed by atoms with Crippen LogP contribution in [0.25, 0.3) is 33.2 Å². The number of nitrogens with zero attached hydrogens (tertiary/aromatic N) is 4. The third-order valence-corrected chi connectivity index (χ3v) is 7.05. The average Bonchev–Trinajstić information content (AvgIpc) is 3.30. The molecule has 5 rings (SSSR count).